The number of carbonyl (C=O) groups excluding carboxylic acids is 2. The third-order valence-electron chi connectivity index (χ3n) is 3.91. The van der Waals surface area contributed by atoms with Crippen LogP contribution in [-0.2, 0) is 4.74 Å². The summed E-state index contributed by atoms with van der Waals surface area (Å²) < 4.78 is 10.6. The Kier molecular flexibility index (Phi) is 6.47. The number of aromatic nitrogens is 3. The van der Waals surface area contributed by atoms with Crippen molar-refractivity contribution >= 4 is 18.0 Å². The number of nitrogens with zero attached hydrogens (tertiary/aromatic N) is 4. The molecule has 2 aromatic carbocycles. The number of hydrogen-bond donors (Lipinski definition) is 0. The number of hydrogen-bond acceptors (Lipinski definition) is 7. The molecule has 1 aromatic heterocycles. The van der Waals surface area contributed by atoms with Gasteiger partial charge in [-0.1, -0.05) is 65.0 Å². The van der Waals surface area contributed by atoms with E-state index >= 15 is 0 Å². The van der Waals surface area contributed by atoms with Crippen LogP contribution in [0.15, 0.2) is 59.7 Å². The van der Waals surface area contributed by atoms with Crippen LogP contribution in [-0.4, -0.2) is 46.3 Å². The number of aryl methyl sites for hydroxylation is 1. The van der Waals surface area contributed by atoms with Gasteiger partial charge in [0.15, 0.2) is 12.4 Å². The van der Waals surface area contributed by atoms with Gasteiger partial charge in [0.25, 0.3) is 5.88 Å². The maximum absolute atomic E-state index is 12.3. The van der Waals surface area contributed by atoms with Gasteiger partial charge in [-0.15, -0.1) is 5.10 Å². The Morgan fingerprint density at radius 2 is 1.83 bits per heavy atom. The standard InChI is InChI=1S/C21H20N4O4/c1-3-28-21(27)19-20(29-14-18(26)17-7-5-4-6-8-17)25(24-23-19)22-13-16-11-9-15(2)10-12-16/h4-13H,3,14H2,1-2H3/b22-13-. The molecule has 0 saturated heterocycles. The van der Waals surface area contributed by atoms with Crippen molar-refractivity contribution in [3.63, 3.8) is 0 Å². The normalized spacial score (nSPS) is 10.8. The van der Waals surface area contributed by atoms with E-state index in [1.165, 1.54) is 0 Å². The molecule has 0 aliphatic rings. The molecule has 0 aliphatic carbocycles. The van der Waals surface area contributed by atoms with Crippen molar-refractivity contribution in [3.8, 4) is 5.88 Å². The van der Waals surface area contributed by atoms with Crippen LogP contribution >= 0.6 is 0 Å². The van der Waals surface area contributed by atoms with Crippen molar-refractivity contribution in [3.05, 3.63) is 77.0 Å². The van der Waals surface area contributed by atoms with Crippen molar-refractivity contribution in [2.45, 2.75) is 13.8 Å². The predicted molar refractivity (Wildman–Crippen MR) is 106 cm³/mol. The van der Waals surface area contributed by atoms with Crippen LogP contribution in [0.4, 0.5) is 0 Å². The molecule has 0 radical (unpaired) electrons. The second-order valence-corrected chi connectivity index (χ2v) is 6.09. The third-order valence-corrected chi connectivity index (χ3v) is 3.91. The number of Topliss-reactive ketones (excluding diaryl/α,β-unsaturated/α-hetero) is 1. The van der Waals surface area contributed by atoms with Gasteiger partial charge in [0.2, 0.25) is 5.69 Å². The molecule has 0 N–H and O–H groups in total. The van der Waals surface area contributed by atoms with E-state index < -0.39 is 5.97 Å². The van der Waals surface area contributed by atoms with Crippen LogP contribution in [0.5, 0.6) is 5.88 Å². The Balaban J connectivity index is 1.83. The lowest BCUT2D eigenvalue weighted by molar-refractivity contribution is 0.0512. The zero-order valence-corrected chi connectivity index (χ0v) is 16.1. The van der Waals surface area contributed by atoms with Crippen LogP contribution in [0.25, 0.3) is 0 Å². The Morgan fingerprint density at radius 3 is 2.52 bits per heavy atom. The average Bonchev–Trinajstić information content (AvgIpc) is 3.15. The highest BCUT2D eigenvalue weighted by Gasteiger charge is 2.23. The molecule has 1 heterocycles. The quantitative estimate of drug-likeness (QED) is 0.332. The first-order valence-electron chi connectivity index (χ1n) is 9.03. The molecule has 0 bridgehead atoms. The number of ether oxygens (including phenoxy) is 2. The van der Waals surface area contributed by atoms with E-state index in [1.54, 1.807) is 37.4 Å². The van der Waals surface area contributed by atoms with Gasteiger partial charge in [-0.3, -0.25) is 4.79 Å². The molecular formula is C21H20N4O4. The molecule has 0 spiro atoms. The number of carbonyl (C=O) groups is 2. The molecule has 3 aromatic rings. The molecular weight excluding hydrogens is 372 g/mol. The molecule has 3 rings (SSSR count). The van der Waals surface area contributed by atoms with Gasteiger partial charge in [-0.2, -0.15) is 5.10 Å². The van der Waals surface area contributed by atoms with Crippen molar-refractivity contribution < 1.29 is 19.1 Å². The van der Waals surface area contributed by atoms with Crippen molar-refractivity contribution in [2.75, 3.05) is 13.2 Å². The summed E-state index contributed by atoms with van der Waals surface area (Å²) in [5.41, 5.74) is 2.30. The van der Waals surface area contributed by atoms with Crippen molar-refractivity contribution in [1.29, 1.82) is 0 Å². The van der Waals surface area contributed by atoms with E-state index in [0.717, 1.165) is 15.9 Å². The van der Waals surface area contributed by atoms with Gasteiger partial charge in [0.05, 0.1) is 12.8 Å². The number of ketones is 1. The van der Waals surface area contributed by atoms with Crippen LogP contribution in [0.3, 0.4) is 0 Å². The largest absolute Gasteiger partial charge is 0.466 e. The zero-order chi connectivity index (χ0) is 20.6. The van der Waals surface area contributed by atoms with E-state index in [-0.39, 0.29) is 30.6 Å². The molecule has 0 amide bonds. The maximum atomic E-state index is 12.3. The third kappa shape index (κ3) is 5.13. The summed E-state index contributed by atoms with van der Waals surface area (Å²) in [6.45, 7) is 3.53. The molecule has 29 heavy (non-hydrogen) atoms. The second-order valence-electron chi connectivity index (χ2n) is 6.09. The molecule has 0 saturated carbocycles. The van der Waals surface area contributed by atoms with Gasteiger partial charge < -0.3 is 9.47 Å². The highest BCUT2D eigenvalue weighted by molar-refractivity contribution is 5.97. The van der Waals surface area contributed by atoms with Gasteiger partial charge >= 0.3 is 5.97 Å². The smallest absolute Gasteiger partial charge is 0.364 e. The number of esters is 1. The summed E-state index contributed by atoms with van der Waals surface area (Å²) in [5, 5.41) is 11.8. The Hall–Kier alpha value is -3.81. The van der Waals surface area contributed by atoms with Gasteiger partial charge in [-0.25, -0.2) is 4.79 Å². The summed E-state index contributed by atoms with van der Waals surface area (Å²) in [7, 11) is 0. The molecule has 0 atom stereocenters. The maximum Gasteiger partial charge on any atom is 0.364 e. The minimum atomic E-state index is -0.702. The monoisotopic (exact) mass is 392 g/mol. The Morgan fingerprint density at radius 1 is 1.10 bits per heavy atom. The molecule has 8 heteroatoms. The molecule has 0 aliphatic heterocycles. The predicted octanol–water partition coefficient (Wildman–Crippen LogP) is 2.91. The summed E-state index contributed by atoms with van der Waals surface area (Å²) in [6.07, 6.45) is 1.55. The fourth-order valence-corrected chi connectivity index (χ4v) is 2.41. The van der Waals surface area contributed by atoms with Crippen LogP contribution in [0, 0.1) is 6.92 Å². The van der Waals surface area contributed by atoms with Crippen LogP contribution in [0.1, 0.15) is 38.9 Å². The van der Waals surface area contributed by atoms with Crippen LogP contribution in [0.2, 0.25) is 0 Å². The zero-order valence-electron chi connectivity index (χ0n) is 16.1. The fourth-order valence-electron chi connectivity index (χ4n) is 2.41. The topological polar surface area (TPSA) is 95.7 Å². The highest BCUT2D eigenvalue weighted by atomic mass is 16.5. The van der Waals surface area contributed by atoms with Gasteiger partial charge in [-0.05, 0) is 24.6 Å². The Bertz CT molecular complexity index is 1010. The van der Waals surface area contributed by atoms with E-state index in [4.69, 9.17) is 9.47 Å². The van der Waals surface area contributed by atoms with Crippen molar-refractivity contribution in [1.82, 2.24) is 15.1 Å². The number of benzene rings is 2. The lowest BCUT2D eigenvalue weighted by atomic mass is 10.1. The molecule has 8 nitrogen and oxygen atoms in total. The molecule has 148 valence electrons. The van der Waals surface area contributed by atoms with E-state index in [0.29, 0.717) is 5.56 Å². The lowest BCUT2D eigenvalue weighted by Crippen LogP contribution is -2.15. The fraction of sp³-hybridized carbons (Fsp3) is 0.190. The van der Waals surface area contributed by atoms with E-state index in [1.807, 2.05) is 37.3 Å². The first-order valence-corrected chi connectivity index (χ1v) is 9.03. The Labute approximate surface area is 167 Å². The SMILES string of the molecule is CCOC(=O)c1nnn(/N=C\c2ccc(C)cc2)c1OCC(=O)c1ccccc1. The number of rotatable bonds is 8. The summed E-state index contributed by atoms with van der Waals surface area (Å²) in [6, 6.07) is 16.4. The van der Waals surface area contributed by atoms with Gasteiger partial charge in [0, 0.05) is 5.56 Å². The van der Waals surface area contributed by atoms with E-state index in [9.17, 15) is 9.59 Å². The van der Waals surface area contributed by atoms with E-state index in [2.05, 4.69) is 15.4 Å². The molecule has 0 unspecified atom stereocenters. The lowest BCUT2D eigenvalue weighted by Gasteiger charge is -2.07. The molecule has 0 fully saturated rings. The van der Waals surface area contributed by atoms with Gasteiger partial charge in [0.1, 0.15) is 0 Å². The first-order chi connectivity index (χ1) is 14.1. The minimum Gasteiger partial charge on any atom is -0.466 e. The van der Waals surface area contributed by atoms with Crippen LogP contribution < -0.4 is 4.74 Å². The first kappa shape index (κ1) is 19.9. The summed E-state index contributed by atoms with van der Waals surface area (Å²) in [4.78, 5) is 25.5. The second kappa shape index (κ2) is 9.41. The summed E-state index contributed by atoms with van der Waals surface area (Å²) in [5.74, 6) is -1.02. The minimum absolute atomic E-state index is 0.0592. The van der Waals surface area contributed by atoms with Crippen molar-refractivity contribution in [2.24, 2.45) is 5.10 Å². The highest BCUT2D eigenvalue weighted by Crippen LogP contribution is 2.17. The summed E-state index contributed by atoms with van der Waals surface area (Å²) >= 11 is 0. The average molecular weight is 392 g/mol.